The van der Waals surface area contributed by atoms with Crippen LogP contribution < -0.4 is 0 Å². The standard InChI is InChI=1S/C13H20N4O2.C2H6/c1-3-16-4-6-17(7-5-16)13(15-19)11-8-12(18)10(2)14-9-11;1-2/h8-9,18-19H,3-7H2,1-2H3;1-2H3/b15-13+;. The van der Waals surface area contributed by atoms with Crippen LogP contribution in [0.4, 0.5) is 0 Å². The van der Waals surface area contributed by atoms with Crippen molar-refractivity contribution in [3.8, 4) is 5.75 Å². The van der Waals surface area contributed by atoms with E-state index in [9.17, 15) is 10.3 Å². The number of likely N-dealkylation sites (N-methyl/N-ethyl adjacent to an activating group) is 1. The van der Waals surface area contributed by atoms with Gasteiger partial charge in [-0.05, 0) is 19.5 Å². The lowest BCUT2D eigenvalue weighted by Crippen LogP contribution is -2.48. The Hall–Kier alpha value is -1.82. The van der Waals surface area contributed by atoms with Crippen molar-refractivity contribution in [2.75, 3.05) is 32.7 Å². The maximum atomic E-state index is 9.70. The third kappa shape index (κ3) is 4.32. The van der Waals surface area contributed by atoms with Gasteiger partial charge in [-0.2, -0.15) is 0 Å². The summed E-state index contributed by atoms with van der Waals surface area (Å²) in [5.74, 6) is 0.587. The summed E-state index contributed by atoms with van der Waals surface area (Å²) in [4.78, 5) is 8.45. The molecule has 2 rings (SSSR count). The Morgan fingerprint density at radius 3 is 2.38 bits per heavy atom. The number of piperazine rings is 1. The zero-order valence-electron chi connectivity index (χ0n) is 13.4. The molecule has 21 heavy (non-hydrogen) atoms. The first-order valence-electron chi connectivity index (χ1n) is 7.51. The molecule has 6 heteroatoms. The van der Waals surface area contributed by atoms with Gasteiger partial charge in [-0.1, -0.05) is 25.9 Å². The lowest BCUT2D eigenvalue weighted by atomic mass is 10.2. The second-order valence-electron chi connectivity index (χ2n) is 4.67. The summed E-state index contributed by atoms with van der Waals surface area (Å²) in [5.41, 5.74) is 1.20. The van der Waals surface area contributed by atoms with Gasteiger partial charge in [0.15, 0.2) is 5.84 Å². The Balaban J connectivity index is 0.00000106. The van der Waals surface area contributed by atoms with E-state index in [4.69, 9.17) is 0 Å². The van der Waals surface area contributed by atoms with Crippen molar-refractivity contribution >= 4 is 5.84 Å². The second kappa shape index (κ2) is 8.46. The average molecular weight is 294 g/mol. The minimum atomic E-state index is 0.117. The molecule has 6 nitrogen and oxygen atoms in total. The first-order valence-corrected chi connectivity index (χ1v) is 7.51. The molecule has 1 saturated heterocycles. The number of hydrogen-bond donors (Lipinski definition) is 2. The van der Waals surface area contributed by atoms with Gasteiger partial charge in [0.05, 0.1) is 5.69 Å². The molecule has 0 bridgehead atoms. The monoisotopic (exact) mass is 294 g/mol. The van der Waals surface area contributed by atoms with Crippen LogP contribution in [0.5, 0.6) is 5.75 Å². The van der Waals surface area contributed by atoms with Crippen LogP contribution in [0.3, 0.4) is 0 Å². The molecule has 0 aromatic carbocycles. The zero-order valence-corrected chi connectivity index (χ0v) is 13.4. The van der Waals surface area contributed by atoms with Crippen molar-refractivity contribution in [1.29, 1.82) is 0 Å². The van der Waals surface area contributed by atoms with E-state index in [0.29, 0.717) is 17.1 Å². The van der Waals surface area contributed by atoms with Gasteiger partial charge in [-0.3, -0.25) is 4.98 Å². The molecule has 1 aliphatic heterocycles. The molecule has 0 saturated carbocycles. The van der Waals surface area contributed by atoms with Gasteiger partial charge < -0.3 is 20.1 Å². The van der Waals surface area contributed by atoms with E-state index in [1.807, 2.05) is 18.7 Å². The lowest BCUT2D eigenvalue weighted by molar-refractivity contribution is 0.185. The highest BCUT2D eigenvalue weighted by atomic mass is 16.4. The topological polar surface area (TPSA) is 72.2 Å². The number of rotatable bonds is 2. The number of aromatic hydroxyl groups is 1. The number of hydrogen-bond acceptors (Lipinski definition) is 5. The van der Waals surface area contributed by atoms with Crippen LogP contribution >= 0.6 is 0 Å². The van der Waals surface area contributed by atoms with E-state index in [1.54, 1.807) is 19.2 Å². The van der Waals surface area contributed by atoms with E-state index in [1.165, 1.54) is 0 Å². The molecule has 0 aliphatic carbocycles. The maximum absolute atomic E-state index is 9.70. The SMILES string of the molecule is CC.CCN1CCN(/C(=N/O)c2cnc(C)c(O)c2)CC1. The van der Waals surface area contributed by atoms with E-state index in [2.05, 4.69) is 22.0 Å². The molecule has 0 spiro atoms. The zero-order chi connectivity index (χ0) is 15.8. The predicted molar refractivity (Wildman–Crippen MR) is 84.0 cm³/mol. The van der Waals surface area contributed by atoms with Crippen molar-refractivity contribution in [3.05, 3.63) is 23.5 Å². The van der Waals surface area contributed by atoms with Crippen LogP contribution in [0.15, 0.2) is 17.4 Å². The molecule has 1 aliphatic rings. The van der Waals surface area contributed by atoms with Crippen LogP contribution in [0, 0.1) is 6.92 Å². The van der Waals surface area contributed by atoms with Gasteiger partial charge in [0.2, 0.25) is 0 Å². The summed E-state index contributed by atoms with van der Waals surface area (Å²) in [6, 6.07) is 1.59. The minimum absolute atomic E-state index is 0.117. The van der Waals surface area contributed by atoms with Crippen molar-refractivity contribution < 1.29 is 10.3 Å². The molecule has 0 unspecified atom stereocenters. The van der Waals surface area contributed by atoms with E-state index >= 15 is 0 Å². The van der Waals surface area contributed by atoms with Gasteiger partial charge >= 0.3 is 0 Å². The Labute approximate surface area is 126 Å². The summed E-state index contributed by atoms with van der Waals surface area (Å²) in [6.45, 7) is 12.4. The molecule has 2 N–H and O–H groups in total. The minimum Gasteiger partial charge on any atom is -0.506 e. The third-order valence-electron chi connectivity index (χ3n) is 3.53. The molecule has 0 atom stereocenters. The first-order chi connectivity index (χ1) is 10.2. The molecular weight excluding hydrogens is 268 g/mol. The normalized spacial score (nSPS) is 16.4. The molecule has 0 amide bonds. The fourth-order valence-corrected chi connectivity index (χ4v) is 2.22. The summed E-state index contributed by atoms with van der Waals surface area (Å²) >= 11 is 0. The third-order valence-corrected chi connectivity index (χ3v) is 3.53. The first kappa shape index (κ1) is 17.2. The van der Waals surface area contributed by atoms with Crippen molar-refractivity contribution in [1.82, 2.24) is 14.8 Å². The highest BCUT2D eigenvalue weighted by Gasteiger charge is 2.21. The van der Waals surface area contributed by atoms with Crippen LogP contribution in [-0.2, 0) is 0 Å². The number of nitrogens with zero attached hydrogens (tertiary/aromatic N) is 4. The van der Waals surface area contributed by atoms with Crippen LogP contribution in [0.25, 0.3) is 0 Å². The maximum Gasteiger partial charge on any atom is 0.177 e. The fraction of sp³-hybridized carbons (Fsp3) is 0.600. The number of pyridine rings is 1. The Morgan fingerprint density at radius 2 is 1.90 bits per heavy atom. The van der Waals surface area contributed by atoms with Crippen LogP contribution in [0.2, 0.25) is 0 Å². The van der Waals surface area contributed by atoms with E-state index < -0.39 is 0 Å². The van der Waals surface area contributed by atoms with Gasteiger partial charge in [0.25, 0.3) is 0 Å². The fourth-order valence-electron chi connectivity index (χ4n) is 2.22. The number of aromatic nitrogens is 1. The second-order valence-corrected chi connectivity index (χ2v) is 4.67. The van der Waals surface area contributed by atoms with Crippen molar-refractivity contribution in [2.45, 2.75) is 27.7 Å². The van der Waals surface area contributed by atoms with Crippen LogP contribution in [0.1, 0.15) is 32.0 Å². The number of aryl methyl sites for hydroxylation is 1. The summed E-state index contributed by atoms with van der Waals surface area (Å²) in [6.07, 6.45) is 1.62. The molecule has 1 aromatic rings. The summed E-state index contributed by atoms with van der Waals surface area (Å²) < 4.78 is 0. The van der Waals surface area contributed by atoms with E-state index in [0.717, 1.165) is 32.7 Å². The lowest BCUT2D eigenvalue weighted by Gasteiger charge is -2.35. The van der Waals surface area contributed by atoms with Crippen LogP contribution in [-0.4, -0.2) is 63.7 Å². The highest BCUT2D eigenvalue weighted by Crippen LogP contribution is 2.17. The summed E-state index contributed by atoms with van der Waals surface area (Å²) in [7, 11) is 0. The number of amidine groups is 1. The average Bonchev–Trinajstić information content (AvgIpc) is 2.54. The highest BCUT2D eigenvalue weighted by molar-refractivity contribution is 5.98. The number of oxime groups is 1. The molecule has 1 fully saturated rings. The Kier molecular flexibility index (Phi) is 6.94. The molecule has 2 heterocycles. The Morgan fingerprint density at radius 1 is 1.29 bits per heavy atom. The van der Waals surface area contributed by atoms with Gasteiger partial charge in [0.1, 0.15) is 5.75 Å². The Bertz CT molecular complexity index is 469. The molecule has 0 radical (unpaired) electrons. The molecule has 1 aromatic heterocycles. The molecular formula is C15H26N4O2. The smallest absolute Gasteiger partial charge is 0.177 e. The van der Waals surface area contributed by atoms with Crippen molar-refractivity contribution in [2.24, 2.45) is 5.16 Å². The van der Waals surface area contributed by atoms with Gasteiger partial charge in [-0.25, -0.2) is 0 Å². The summed E-state index contributed by atoms with van der Waals surface area (Å²) in [5, 5.41) is 22.3. The van der Waals surface area contributed by atoms with Crippen molar-refractivity contribution in [3.63, 3.8) is 0 Å². The van der Waals surface area contributed by atoms with Gasteiger partial charge in [0, 0.05) is 37.9 Å². The molecule has 118 valence electrons. The van der Waals surface area contributed by atoms with E-state index in [-0.39, 0.29) is 5.75 Å². The predicted octanol–water partition coefficient (Wildman–Crippen LogP) is 1.90. The van der Waals surface area contributed by atoms with Gasteiger partial charge in [-0.15, -0.1) is 0 Å². The quantitative estimate of drug-likeness (QED) is 0.377. The largest absolute Gasteiger partial charge is 0.506 e.